The van der Waals surface area contributed by atoms with Crippen LogP contribution in [-0.2, 0) is 0 Å². The van der Waals surface area contributed by atoms with Crippen molar-refractivity contribution in [2.45, 2.75) is 9.79 Å². The molecule has 0 bridgehead atoms. The van der Waals surface area contributed by atoms with Gasteiger partial charge >= 0.3 is 0 Å². The molecule has 0 saturated carbocycles. The Balaban J connectivity index is 2.57. The van der Waals surface area contributed by atoms with Crippen LogP contribution in [-0.4, -0.2) is 0 Å². The van der Waals surface area contributed by atoms with Gasteiger partial charge < -0.3 is 11.5 Å². The molecule has 82 valence electrons. The largest absolute Gasteiger partial charge is 0.399 e. The molecule has 4 heteroatoms. The molecule has 2 aromatic rings. The average Bonchev–Trinajstić information content (AvgIpc) is 2.28. The fourth-order valence-corrected chi connectivity index (χ4v) is 2.02. The van der Waals surface area contributed by atoms with E-state index in [-0.39, 0.29) is 0 Å². The molecule has 0 spiro atoms. The van der Waals surface area contributed by atoms with Crippen molar-refractivity contribution in [1.82, 2.24) is 0 Å². The molecule has 16 heavy (non-hydrogen) atoms. The monoisotopic (exact) mass is 248 g/mol. The molecule has 0 radical (unpaired) electrons. The van der Waals surface area contributed by atoms with Crippen molar-refractivity contribution < 1.29 is 0 Å². The molecule has 4 N–H and O–H groups in total. The third kappa shape index (κ3) is 1.99. The molecule has 0 atom stereocenters. The second-order valence-corrected chi connectivity index (χ2v) is 4.42. The quantitative estimate of drug-likeness (QED) is 0.463. The summed E-state index contributed by atoms with van der Waals surface area (Å²) in [4.78, 5) is 1.49. The SMILES string of the molecule is Nc1ccc(-c2ccc(N)c(S)c2S)cc1. The van der Waals surface area contributed by atoms with E-state index in [4.69, 9.17) is 11.5 Å². The highest BCUT2D eigenvalue weighted by atomic mass is 32.1. The summed E-state index contributed by atoms with van der Waals surface area (Å²) in [5.74, 6) is 0. The lowest BCUT2D eigenvalue weighted by molar-refractivity contribution is 1.28. The first-order valence-electron chi connectivity index (χ1n) is 4.76. The van der Waals surface area contributed by atoms with Gasteiger partial charge in [0.2, 0.25) is 0 Å². The van der Waals surface area contributed by atoms with Crippen LogP contribution in [0, 0.1) is 0 Å². The van der Waals surface area contributed by atoms with Crippen LogP contribution in [0.3, 0.4) is 0 Å². The molecule has 0 heterocycles. The minimum absolute atomic E-state index is 0.632. The van der Waals surface area contributed by atoms with Crippen molar-refractivity contribution in [2.24, 2.45) is 0 Å². The molecular weight excluding hydrogens is 236 g/mol. The zero-order valence-electron chi connectivity index (χ0n) is 8.51. The summed E-state index contributed by atoms with van der Waals surface area (Å²) in [5.41, 5.74) is 14.8. The molecule has 0 aliphatic heterocycles. The molecule has 0 fully saturated rings. The first-order valence-corrected chi connectivity index (χ1v) is 5.65. The van der Waals surface area contributed by atoms with Crippen LogP contribution < -0.4 is 11.5 Å². The van der Waals surface area contributed by atoms with Gasteiger partial charge in [0.05, 0.1) is 0 Å². The minimum atomic E-state index is 0.632. The van der Waals surface area contributed by atoms with E-state index < -0.39 is 0 Å². The summed E-state index contributed by atoms with van der Waals surface area (Å²) in [6.45, 7) is 0. The number of nitrogens with two attached hydrogens (primary N) is 2. The maximum absolute atomic E-state index is 5.75. The Hall–Kier alpha value is -1.26. The second-order valence-electron chi connectivity index (χ2n) is 3.52. The summed E-state index contributed by atoms with van der Waals surface area (Å²) in [5, 5.41) is 0. The van der Waals surface area contributed by atoms with Gasteiger partial charge in [-0.2, -0.15) is 0 Å². The summed E-state index contributed by atoms with van der Waals surface area (Å²) >= 11 is 8.76. The Morgan fingerprint density at radius 2 is 1.38 bits per heavy atom. The molecule has 0 saturated heterocycles. The van der Waals surface area contributed by atoms with E-state index in [1.807, 2.05) is 36.4 Å². The number of rotatable bonds is 1. The predicted octanol–water partition coefficient (Wildman–Crippen LogP) is 3.10. The van der Waals surface area contributed by atoms with Crippen molar-refractivity contribution in [2.75, 3.05) is 11.5 Å². The van der Waals surface area contributed by atoms with Gasteiger partial charge in [0, 0.05) is 21.2 Å². The van der Waals surface area contributed by atoms with Gasteiger partial charge in [-0.3, -0.25) is 0 Å². The summed E-state index contributed by atoms with van der Waals surface area (Å²) in [6, 6.07) is 11.4. The minimum Gasteiger partial charge on any atom is -0.399 e. The Morgan fingerprint density at radius 1 is 0.750 bits per heavy atom. The molecule has 2 rings (SSSR count). The maximum atomic E-state index is 5.75. The van der Waals surface area contributed by atoms with Gasteiger partial charge in [-0.1, -0.05) is 18.2 Å². The lowest BCUT2D eigenvalue weighted by Crippen LogP contribution is -1.90. The molecule has 0 aliphatic carbocycles. The maximum Gasteiger partial charge on any atom is 0.0461 e. The third-order valence-electron chi connectivity index (χ3n) is 2.40. The van der Waals surface area contributed by atoms with Crippen LogP contribution >= 0.6 is 25.3 Å². The van der Waals surface area contributed by atoms with E-state index in [0.717, 1.165) is 21.7 Å². The Labute approximate surface area is 105 Å². The van der Waals surface area contributed by atoms with Gasteiger partial charge in [0.25, 0.3) is 0 Å². The van der Waals surface area contributed by atoms with Crippen molar-refractivity contribution in [3.63, 3.8) is 0 Å². The average molecular weight is 248 g/mol. The van der Waals surface area contributed by atoms with Gasteiger partial charge in [-0.05, 0) is 29.3 Å². The number of nitrogen functional groups attached to an aromatic ring is 2. The lowest BCUT2D eigenvalue weighted by Gasteiger charge is -2.09. The normalized spacial score (nSPS) is 10.4. The number of hydrogen-bond donors (Lipinski definition) is 4. The number of anilines is 2. The molecule has 2 aromatic carbocycles. The van der Waals surface area contributed by atoms with Crippen LogP contribution in [0.4, 0.5) is 11.4 Å². The zero-order valence-corrected chi connectivity index (χ0v) is 10.3. The number of thiol groups is 2. The molecule has 0 unspecified atom stereocenters. The topological polar surface area (TPSA) is 52.0 Å². The standard InChI is InChI=1S/C12H12N2S2/c13-8-3-1-7(2-4-8)9-5-6-10(14)12(16)11(9)15/h1-6,15-16H,13-14H2. The van der Waals surface area contributed by atoms with Gasteiger partial charge in [-0.25, -0.2) is 0 Å². The van der Waals surface area contributed by atoms with E-state index in [1.165, 1.54) is 0 Å². The van der Waals surface area contributed by atoms with E-state index in [9.17, 15) is 0 Å². The predicted molar refractivity (Wildman–Crippen MR) is 75.2 cm³/mol. The highest BCUT2D eigenvalue weighted by molar-refractivity contribution is 7.83. The molecule has 2 nitrogen and oxygen atoms in total. The van der Waals surface area contributed by atoms with Crippen LogP contribution in [0.15, 0.2) is 46.2 Å². The van der Waals surface area contributed by atoms with Crippen molar-refractivity contribution in [1.29, 1.82) is 0 Å². The lowest BCUT2D eigenvalue weighted by atomic mass is 10.0. The van der Waals surface area contributed by atoms with Crippen molar-refractivity contribution >= 4 is 36.6 Å². The third-order valence-corrected chi connectivity index (χ3v) is 3.53. The van der Waals surface area contributed by atoms with Gasteiger partial charge in [0.15, 0.2) is 0 Å². The number of hydrogen-bond acceptors (Lipinski definition) is 4. The molecule has 0 amide bonds. The highest BCUT2D eigenvalue weighted by Crippen LogP contribution is 2.34. The summed E-state index contributed by atoms with van der Waals surface area (Å²) < 4.78 is 0. The Kier molecular flexibility index (Phi) is 3.03. The van der Waals surface area contributed by atoms with Crippen LogP contribution in [0.1, 0.15) is 0 Å². The van der Waals surface area contributed by atoms with Gasteiger partial charge in [-0.15, -0.1) is 25.3 Å². The van der Waals surface area contributed by atoms with Crippen molar-refractivity contribution in [3.05, 3.63) is 36.4 Å². The molecule has 0 aromatic heterocycles. The van der Waals surface area contributed by atoms with E-state index in [0.29, 0.717) is 10.6 Å². The summed E-state index contributed by atoms with van der Waals surface area (Å²) in [7, 11) is 0. The van der Waals surface area contributed by atoms with E-state index in [2.05, 4.69) is 25.3 Å². The van der Waals surface area contributed by atoms with Crippen LogP contribution in [0.2, 0.25) is 0 Å². The molecule has 0 aliphatic rings. The van der Waals surface area contributed by atoms with Crippen LogP contribution in [0.25, 0.3) is 11.1 Å². The van der Waals surface area contributed by atoms with Gasteiger partial charge in [0.1, 0.15) is 0 Å². The Bertz CT molecular complexity index is 521. The first-order chi connectivity index (χ1) is 7.59. The van der Waals surface area contributed by atoms with E-state index in [1.54, 1.807) is 0 Å². The van der Waals surface area contributed by atoms with E-state index >= 15 is 0 Å². The fraction of sp³-hybridized carbons (Fsp3) is 0. The Morgan fingerprint density at radius 3 is 2.00 bits per heavy atom. The van der Waals surface area contributed by atoms with Crippen molar-refractivity contribution in [3.8, 4) is 11.1 Å². The number of benzene rings is 2. The molecular formula is C12H12N2S2. The zero-order chi connectivity index (χ0) is 11.7. The highest BCUT2D eigenvalue weighted by Gasteiger charge is 2.07. The van der Waals surface area contributed by atoms with Crippen LogP contribution in [0.5, 0.6) is 0 Å². The smallest absolute Gasteiger partial charge is 0.0461 e. The first kappa shape index (κ1) is 11.2. The second kappa shape index (κ2) is 4.31. The summed E-state index contributed by atoms with van der Waals surface area (Å²) in [6.07, 6.45) is 0. The fourth-order valence-electron chi connectivity index (χ4n) is 1.49.